The standard InChI is InChI=1S/C18H18N2O5/c1-23-14-10-12-8-9-19-16(15(12)18(25-3)17(14)24-2)11-4-6-13(7-5-11)20(21)22/h4-7,10H,8-9H2,1-3H3. The second-order valence-electron chi connectivity index (χ2n) is 5.46. The Bertz CT molecular complexity index is 844. The summed E-state index contributed by atoms with van der Waals surface area (Å²) >= 11 is 0. The van der Waals surface area contributed by atoms with E-state index in [4.69, 9.17) is 14.2 Å². The van der Waals surface area contributed by atoms with Crippen molar-refractivity contribution in [2.24, 2.45) is 4.99 Å². The van der Waals surface area contributed by atoms with Crippen molar-refractivity contribution in [1.82, 2.24) is 0 Å². The van der Waals surface area contributed by atoms with E-state index in [0.29, 0.717) is 23.8 Å². The van der Waals surface area contributed by atoms with E-state index in [-0.39, 0.29) is 5.69 Å². The van der Waals surface area contributed by atoms with E-state index in [1.807, 2.05) is 6.07 Å². The molecule has 0 aromatic heterocycles. The van der Waals surface area contributed by atoms with Gasteiger partial charge in [0.15, 0.2) is 11.5 Å². The summed E-state index contributed by atoms with van der Waals surface area (Å²) < 4.78 is 16.5. The van der Waals surface area contributed by atoms with Gasteiger partial charge in [0, 0.05) is 29.8 Å². The van der Waals surface area contributed by atoms with E-state index < -0.39 is 4.92 Å². The highest BCUT2D eigenvalue weighted by atomic mass is 16.6. The fourth-order valence-electron chi connectivity index (χ4n) is 3.01. The number of hydrogen-bond donors (Lipinski definition) is 0. The predicted molar refractivity (Wildman–Crippen MR) is 93.4 cm³/mol. The minimum atomic E-state index is -0.422. The van der Waals surface area contributed by atoms with Crippen LogP contribution in [0.15, 0.2) is 35.3 Å². The fraction of sp³-hybridized carbons (Fsp3) is 0.278. The highest BCUT2D eigenvalue weighted by Crippen LogP contribution is 2.44. The molecular weight excluding hydrogens is 324 g/mol. The average molecular weight is 342 g/mol. The van der Waals surface area contributed by atoms with Gasteiger partial charge in [-0.2, -0.15) is 0 Å². The van der Waals surface area contributed by atoms with Crippen molar-refractivity contribution < 1.29 is 19.1 Å². The maximum absolute atomic E-state index is 10.9. The van der Waals surface area contributed by atoms with E-state index in [9.17, 15) is 10.1 Å². The van der Waals surface area contributed by atoms with Gasteiger partial charge in [-0.05, 0) is 30.2 Å². The number of nitrogens with zero attached hydrogens (tertiary/aromatic N) is 2. The average Bonchev–Trinajstić information content (AvgIpc) is 2.65. The maximum Gasteiger partial charge on any atom is 0.269 e. The number of benzene rings is 2. The van der Waals surface area contributed by atoms with Crippen LogP contribution in [0.5, 0.6) is 17.2 Å². The Hall–Kier alpha value is -3.09. The summed E-state index contributed by atoms with van der Waals surface area (Å²) in [6, 6.07) is 8.26. The van der Waals surface area contributed by atoms with Crippen molar-refractivity contribution in [3.63, 3.8) is 0 Å². The molecule has 0 saturated carbocycles. The molecule has 7 nitrogen and oxygen atoms in total. The first-order chi connectivity index (χ1) is 12.1. The monoisotopic (exact) mass is 342 g/mol. The number of non-ortho nitro benzene ring substituents is 1. The van der Waals surface area contributed by atoms with Gasteiger partial charge in [0.2, 0.25) is 5.75 Å². The molecule has 0 fully saturated rings. The van der Waals surface area contributed by atoms with Crippen LogP contribution in [0.1, 0.15) is 16.7 Å². The Morgan fingerprint density at radius 2 is 1.72 bits per heavy atom. The maximum atomic E-state index is 10.9. The number of fused-ring (bicyclic) bond motifs is 1. The van der Waals surface area contributed by atoms with Crippen LogP contribution in [0.25, 0.3) is 0 Å². The first-order valence-corrected chi connectivity index (χ1v) is 7.72. The molecule has 130 valence electrons. The van der Waals surface area contributed by atoms with E-state index in [1.54, 1.807) is 33.5 Å². The van der Waals surface area contributed by atoms with Crippen molar-refractivity contribution >= 4 is 11.4 Å². The van der Waals surface area contributed by atoms with Crippen molar-refractivity contribution in [3.05, 3.63) is 57.1 Å². The van der Waals surface area contributed by atoms with Crippen molar-refractivity contribution in [2.75, 3.05) is 27.9 Å². The predicted octanol–water partition coefficient (Wildman–Crippen LogP) is 3.01. The molecule has 0 amide bonds. The van der Waals surface area contributed by atoms with Gasteiger partial charge in [-0.15, -0.1) is 0 Å². The van der Waals surface area contributed by atoms with Gasteiger partial charge >= 0.3 is 0 Å². The van der Waals surface area contributed by atoms with Gasteiger partial charge < -0.3 is 14.2 Å². The molecule has 2 aromatic carbocycles. The Morgan fingerprint density at radius 3 is 2.28 bits per heavy atom. The molecule has 0 aliphatic carbocycles. The lowest BCUT2D eigenvalue weighted by Gasteiger charge is -2.23. The zero-order valence-corrected chi connectivity index (χ0v) is 14.2. The quantitative estimate of drug-likeness (QED) is 0.616. The molecule has 0 atom stereocenters. The molecule has 0 saturated heterocycles. The molecule has 0 N–H and O–H groups in total. The molecular formula is C18H18N2O5. The van der Waals surface area contributed by atoms with Gasteiger partial charge in [0.1, 0.15) is 0 Å². The zero-order valence-electron chi connectivity index (χ0n) is 14.2. The lowest BCUT2D eigenvalue weighted by molar-refractivity contribution is -0.384. The van der Waals surface area contributed by atoms with Crippen LogP contribution >= 0.6 is 0 Å². The number of nitro groups is 1. The largest absolute Gasteiger partial charge is 0.493 e. The zero-order chi connectivity index (χ0) is 18.0. The third kappa shape index (κ3) is 2.88. The summed E-state index contributed by atoms with van der Waals surface area (Å²) in [6.07, 6.45) is 0.753. The van der Waals surface area contributed by atoms with Gasteiger partial charge in [-0.25, -0.2) is 0 Å². The van der Waals surface area contributed by atoms with Crippen LogP contribution in [-0.4, -0.2) is 38.5 Å². The minimum absolute atomic E-state index is 0.0414. The summed E-state index contributed by atoms with van der Waals surface area (Å²) in [5.74, 6) is 1.65. The first-order valence-electron chi connectivity index (χ1n) is 7.72. The Kier molecular flexibility index (Phi) is 4.56. The molecule has 2 aromatic rings. The topological polar surface area (TPSA) is 83.2 Å². The van der Waals surface area contributed by atoms with Gasteiger partial charge in [-0.3, -0.25) is 15.1 Å². The van der Waals surface area contributed by atoms with Crippen molar-refractivity contribution in [2.45, 2.75) is 6.42 Å². The molecule has 0 radical (unpaired) electrons. The summed E-state index contributed by atoms with van der Waals surface area (Å²) in [6.45, 7) is 0.623. The SMILES string of the molecule is COc1cc2c(c(OC)c1OC)C(c1ccc([N+](=O)[O-])cc1)=NCC2. The lowest BCUT2D eigenvalue weighted by Crippen LogP contribution is -2.16. The van der Waals surface area contributed by atoms with Crippen LogP contribution < -0.4 is 14.2 Å². The Morgan fingerprint density at radius 1 is 1.04 bits per heavy atom. The van der Waals surface area contributed by atoms with E-state index in [1.165, 1.54) is 12.1 Å². The lowest BCUT2D eigenvalue weighted by atomic mass is 9.91. The molecule has 0 unspecified atom stereocenters. The number of rotatable bonds is 5. The number of methoxy groups -OCH3 is 3. The second-order valence-corrected chi connectivity index (χ2v) is 5.46. The normalized spacial score (nSPS) is 12.8. The summed E-state index contributed by atoms with van der Waals surface area (Å²) in [7, 11) is 4.70. The third-order valence-corrected chi connectivity index (χ3v) is 4.15. The summed E-state index contributed by atoms with van der Waals surface area (Å²) in [5.41, 5.74) is 3.43. The molecule has 1 aliphatic heterocycles. The molecule has 0 spiro atoms. The molecule has 25 heavy (non-hydrogen) atoms. The van der Waals surface area contributed by atoms with Crippen LogP contribution in [0.4, 0.5) is 5.69 Å². The van der Waals surface area contributed by atoms with E-state index in [0.717, 1.165) is 28.8 Å². The first kappa shape index (κ1) is 16.8. The summed E-state index contributed by atoms with van der Waals surface area (Å²) in [5, 5.41) is 10.9. The third-order valence-electron chi connectivity index (χ3n) is 4.15. The van der Waals surface area contributed by atoms with Crippen LogP contribution in [0.3, 0.4) is 0 Å². The van der Waals surface area contributed by atoms with Gasteiger partial charge in [0.25, 0.3) is 5.69 Å². The molecule has 3 rings (SSSR count). The second kappa shape index (κ2) is 6.80. The van der Waals surface area contributed by atoms with Gasteiger partial charge in [-0.1, -0.05) is 0 Å². The number of hydrogen-bond acceptors (Lipinski definition) is 6. The molecule has 1 heterocycles. The molecule has 1 aliphatic rings. The summed E-state index contributed by atoms with van der Waals surface area (Å²) in [4.78, 5) is 15.1. The number of ether oxygens (including phenoxy) is 3. The Labute approximate surface area is 145 Å². The van der Waals surface area contributed by atoms with Gasteiger partial charge in [0.05, 0.1) is 32.0 Å². The van der Waals surface area contributed by atoms with Crippen molar-refractivity contribution in [1.29, 1.82) is 0 Å². The van der Waals surface area contributed by atoms with E-state index in [2.05, 4.69) is 4.99 Å². The Balaban J connectivity index is 2.17. The number of nitro benzene ring substituents is 1. The fourth-order valence-corrected chi connectivity index (χ4v) is 3.01. The number of aliphatic imine (C=N–C) groups is 1. The molecule has 0 bridgehead atoms. The van der Waals surface area contributed by atoms with Crippen LogP contribution in [0.2, 0.25) is 0 Å². The highest BCUT2D eigenvalue weighted by Gasteiger charge is 2.27. The van der Waals surface area contributed by atoms with E-state index >= 15 is 0 Å². The smallest absolute Gasteiger partial charge is 0.269 e. The van der Waals surface area contributed by atoms with Crippen LogP contribution in [0, 0.1) is 10.1 Å². The molecule has 7 heteroatoms. The van der Waals surface area contributed by atoms with Crippen molar-refractivity contribution in [3.8, 4) is 17.2 Å². The highest BCUT2D eigenvalue weighted by molar-refractivity contribution is 6.16. The minimum Gasteiger partial charge on any atom is -0.493 e. The van der Waals surface area contributed by atoms with Crippen LogP contribution in [-0.2, 0) is 6.42 Å².